The van der Waals surface area contributed by atoms with E-state index in [0.29, 0.717) is 13.0 Å². The minimum Gasteiger partial charge on any atom is -0.478 e. The lowest BCUT2D eigenvalue weighted by atomic mass is 10.0. The average molecular weight is 318 g/mol. The van der Waals surface area contributed by atoms with Gasteiger partial charge in [-0.25, -0.2) is 4.79 Å². The summed E-state index contributed by atoms with van der Waals surface area (Å²) in [7, 11) is 0. The second-order valence-corrected chi connectivity index (χ2v) is 5.42. The van der Waals surface area contributed by atoms with E-state index >= 15 is 0 Å². The van der Waals surface area contributed by atoms with Crippen LogP contribution in [0.5, 0.6) is 0 Å². The quantitative estimate of drug-likeness (QED) is 0.898. The van der Waals surface area contributed by atoms with Gasteiger partial charge in [-0.3, -0.25) is 4.79 Å². The molecule has 2 N–H and O–H groups in total. The molecular weight excluding hydrogens is 305 g/mol. The number of nitrogens with one attached hydrogen (secondary N) is 1. The third-order valence-electron chi connectivity index (χ3n) is 3.25. The van der Waals surface area contributed by atoms with Crippen LogP contribution in [0.1, 0.15) is 23.7 Å². The highest BCUT2D eigenvalue weighted by Crippen LogP contribution is 2.32. The van der Waals surface area contributed by atoms with Crippen molar-refractivity contribution in [2.24, 2.45) is 5.92 Å². The number of benzene rings is 1. The number of ether oxygens (including phenoxy) is 1. The Bertz CT molecular complexity index is 562. The molecule has 0 aromatic heterocycles. The van der Waals surface area contributed by atoms with Gasteiger partial charge < -0.3 is 15.2 Å². The van der Waals surface area contributed by atoms with Crippen LogP contribution in [-0.2, 0) is 9.53 Å². The number of aromatic carboxylic acids is 1. The van der Waals surface area contributed by atoms with E-state index in [2.05, 4.69) is 5.32 Å². The number of anilines is 1. The first-order valence-corrected chi connectivity index (χ1v) is 6.80. The van der Waals surface area contributed by atoms with E-state index in [1.807, 2.05) is 0 Å². The molecule has 1 saturated heterocycles. The molecule has 1 aromatic rings. The summed E-state index contributed by atoms with van der Waals surface area (Å²) in [5, 5.41) is 12.0. The molecule has 1 aliphatic rings. The zero-order chi connectivity index (χ0) is 14.9. The van der Waals surface area contributed by atoms with Crippen molar-refractivity contribution in [2.75, 3.05) is 11.9 Å². The fourth-order valence-electron chi connectivity index (χ4n) is 2.16. The molecule has 2 rings (SSSR count). The highest BCUT2D eigenvalue weighted by atomic mass is 35.5. The Kier molecular flexibility index (Phi) is 4.52. The molecule has 20 heavy (non-hydrogen) atoms. The molecule has 0 radical (unpaired) electrons. The predicted octanol–water partition coefficient (Wildman–Crippen LogP) is 3.06. The summed E-state index contributed by atoms with van der Waals surface area (Å²) in [6.45, 7) is 2.32. The fourth-order valence-corrected chi connectivity index (χ4v) is 2.70. The summed E-state index contributed by atoms with van der Waals surface area (Å²) in [6.07, 6.45) is 0.398. The number of carbonyl (C=O) groups excluding carboxylic acids is 1. The maximum atomic E-state index is 12.2. The van der Waals surface area contributed by atoms with Gasteiger partial charge in [-0.05, 0) is 25.5 Å². The molecule has 0 aliphatic carbocycles. The van der Waals surface area contributed by atoms with Crippen molar-refractivity contribution < 1.29 is 19.4 Å². The number of carboxylic acids is 1. The van der Waals surface area contributed by atoms with Crippen molar-refractivity contribution >= 4 is 40.8 Å². The number of halogens is 2. The van der Waals surface area contributed by atoms with E-state index in [-0.39, 0.29) is 39.2 Å². The maximum absolute atomic E-state index is 12.2. The van der Waals surface area contributed by atoms with Gasteiger partial charge in [0.05, 0.1) is 28.3 Å². The van der Waals surface area contributed by atoms with Crippen LogP contribution in [0.2, 0.25) is 10.0 Å². The number of hydrogen-bond acceptors (Lipinski definition) is 3. The summed E-state index contributed by atoms with van der Waals surface area (Å²) < 4.78 is 5.32. The van der Waals surface area contributed by atoms with Gasteiger partial charge in [0.25, 0.3) is 0 Å². The van der Waals surface area contributed by atoms with Crippen molar-refractivity contribution in [3.63, 3.8) is 0 Å². The minimum absolute atomic E-state index is 0.0627. The predicted molar refractivity (Wildman–Crippen MR) is 75.6 cm³/mol. The summed E-state index contributed by atoms with van der Waals surface area (Å²) >= 11 is 11.7. The molecule has 0 bridgehead atoms. The molecule has 7 heteroatoms. The normalized spacial score (nSPS) is 21.8. The average Bonchev–Trinajstić information content (AvgIpc) is 2.78. The lowest BCUT2D eigenvalue weighted by Crippen LogP contribution is -2.28. The van der Waals surface area contributed by atoms with Crippen LogP contribution in [0.25, 0.3) is 0 Å². The number of carboxylic acid groups (broad SMARTS) is 1. The first-order valence-electron chi connectivity index (χ1n) is 6.05. The van der Waals surface area contributed by atoms with Crippen molar-refractivity contribution in [3.8, 4) is 0 Å². The number of carbonyl (C=O) groups is 2. The fraction of sp³-hybridized carbons (Fsp3) is 0.385. The van der Waals surface area contributed by atoms with Crippen LogP contribution < -0.4 is 5.32 Å². The minimum atomic E-state index is -1.21. The van der Waals surface area contributed by atoms with E-state index in [1.165, 1.54) is 12.1 Å². The number of amides is 1. The van der Waals surface area contributed by atoms with Gasteiger partial charge in [-0.1, -0.05) is 23.2 Å². The monoisotopic (exact) mass is 317 g/mol. The zero-order valence-electron chi connectivity index (χ0n) is 10.7. The standard InChI is InChI=1S/C13H13Cl2NO4/c1-6-8(2-3-20-6)12(17)16-11-9(13(18)19)4-7(14)5-10(11)15/h4-6,8H,2-3H2,1H3,(H,16,17)(H,18,19). The summed E-state index contributed by atoms with van der Waals surface area (Å²) in [6, 6.07) is 2.64. The van der Waals surface area contributed by atoms with Crippen molar-refractivity contribution in [2.45, 2.75) is 19.4 Å². The lowest BCUT2D eigenvalue weighted by Gasteiger charge is -2.16. The van der Waals surface area contributed by atoms with Gasteiger partial charge in [-0.15, -0.1) is 0 Å². The molecule has 1 fully saturated rings. The molecule has 1 heterocycles. The van der Waals surface area contributed by atoms with Gasteiger partial charge in [0.15, 0.2) is 0 Å². The second kappa shape index (κ2) is 5.99. The SMILES string of the molecule is CC1OCCC1C(=O)Nc1c(Cl)cc(Cl)cc1C(=O)O. The summed E-state index contributed by atoms with van der Waals surface area (Å²) in [5.41, 5.74) is -0.0740. The molecule has 2 atom stereocenters. The largest absolute Gasteiger partial charge is 0.478 e. The van der Waals surface area contributed by atoms with Crippen molar-refractivity contribution in [3.05, 3.63) is 27.7 Å². The Balaban J connectivity index is 2.29. The van der Waals surface area contributed by atoms with Crippen LogP contribution in [0, 0.1) is 5.92 Å². The Hall–Kier alpha value is -1.30. The smallest absolute Gasteiger partial charge is 0.337 e. The van der Waals surface area contributed by atoms with Gasteiger partial charge in [-0.2, -0.15) is 0 Å². The van der Waals surface area contributed by atoms with Crippen molar-refractivity contribution in [1.82, 2.24) is 0 Å². The maximum Gasteiger partial charge on any atom is 0.337 e. The topological polar surface area (TPSA) is 75.6 Å². The summed E-state index contributed by atoms with van der Waals surface area (Å²) in [5.74, 6) is -1.83. The molecule has 0 saturated carbocycles. The Labute approximate surface area is 125 Å². The van der Waals surface area contributed by atoms with Crippen LogP contribution >= 0.6 is 23.2 Å². The highest BCUT2D eigenvalue weighted by molar-refractivity contribution is 6.37. The Morgan fingerprint density at radius 3 is 2.65 bits per heavy atom. The van der Waals surface area contributed by atoms with E-state index < -0.39 is 5.97 Å². The highest BCUT2D eigenvalue weighted by Gasteiger charge is 2.31. The van der Waals surface area contributed by atoms with Crippen LogP contribution in [0.3, 0.4) is 0 Å². The lowest BCUT2D eigenvalue weighted by molar-refractivity contribution is -0.121. The third kappa shape index (κ3) is 3.06. The second-order valence-electron chi connectivity index (χ2n) is 4.58. The number of hydrogen-bond donors (Lipinski definition) is 2. The van der Waals surface area contributed by atoms with Gasteiger partial charge in [0.2, 0.25) is 5.91 Å². The molecule has 1 aromatic carbocycles. The van der Waals surface area contributed by atoms with Crippen LogP contribution in [0.15, 0.2) is 12.1 Å². The van der Waals surface area contributed by atoms with Gasteiger partial charge in [0, 0.05) is 11.6 Å². The molecule has 1 aliphatic heterocycles. The molecule has 5 nitrogen and oxygen atoms in total. The van der Waals surface area contributed by atoms with Crippen molar-refractivity contribution in [1.29, 1.82) is 0 Å². The molecule has 108 valence electrons. The Morgan fingerprint density at radius 1 is 1.40 bits per heavy atom. The first-order chi connectivity index (χ1) is 9.40. The van der Waals surface area contributed by atoms with Crippen LogP contribution in [0.4, 0.5) is 5.69 Å². The molecule has 2 unspecified atom stereocenters. The Morgan fingerprint density at radius 2 is 2.10 bits per heavy atom. The van der Waals surface area contributed by atoms with Gasteiger partial charge >= 0.3 is 5.97 Å². The summed E-state index contributed by atoms with van der Waals surface area (Å²) in [4.78, 5) is 23.4. The van der Waals surface area contributed by atoms with E-state index in [4.69, 9.17) is 33.0 Å². The van der Waals surface area contributed by atoms with Crippen LogP contribution in [-0.4, -0.2) is 29.7 Å². The van der Waals surface area contributed by atoms with E-state index in [9.17, 15) is 9.59 Å². The molecule has 0 spiro atoms. The molecule has 1 amide bonds. The third-order valence-corrected chi connectivity index (χ3v) is 3.76. The van der Waals surface area contributed by atoms with Gasteiger partial charge in [0.1, 0.15) is 0 Å². The zero-order valence-corrected chi connectivity index (χ0v) is 12.2. The van der Waals surface area contributed by atoms with E-state index in [0.717, 1.165) is 0 Å². The number of rotatable bonds is 3. The first kappa shape index (κ1) is 15.1. The van der Waals surface area contributed by atoms with E-state index in [1.54, 1.807) is 6.92 Å². The molecular formula is C13H13Cl2NO4.